The highest BCUT2D eigenvalue weighted by molar-refractivity contribution is 5.47. The molecule has 4 heteroatoms. The van der Waals surface area contributed by atoms with Crippen LogP contribution < -0.4 is 5.84 Å². The van der Waals surface area contributed by atoms with Crippen molar-refractivity contribution in [3.05, 3.63) is 0 Å². The van der Waals surface area contributed by atoms with Crippen molar-refractivity contribution in [2.75, 3.05) is 19.6 Å². The second-order valence-corrected chi connectivity index (χ2v) is 2.69. The van der Waals surface area contributed by atoms with Crippen molar-refractivity contribution in [1.29, 1.82) is 0 Å². The first-order chi connectivity index (χ1) is 4.74. The number of piperazine rings is 1. The van der Waals surface area contributed by atoms with Crippen LogP contribution in [-0.2, 0) is 4.79 Å². The van der Waals surface area contributed by atoms with Crippen LogP contribution in [-0.4, -0.2) is 42.0 Å². The summed E-state index contributed by atoms with van der Waals surface area (Å²) in [5.74, 6) is 5.53. The number of carbonyl (C=O) groups excluding carboxylic acids is 1. The van der Waals surface area contributed by atoms with Crippen molar-refractivity contribution < 1.29 is 4.79 Å². The van der Waals surface area contributed by atoms with Crippen molar-refractivity contribution in [3.63, 3.8) is 0 Å². The molecule has 10 heavy (non-hydrogen) atoms. The lowest BCUT2D eigenvalue weighted by atomic mass is 10.2. The predicted octanol–water partition coefficient (Wildman–Crippen LogP) is -0.977. The van der Waals surface area contributed by atoms with Gasteiger partial charge in [-0.05, 0) is 6.92 Å². The molecule has 1 rings (SSSR count). The van der Waals surface area contributed by atoms with Gasteiger partial charge in [-0.2, -0.15) is 0 Å². The van der Waals surface area contributed by atoms with Crippen LogP contribution in [0.15, 0.2) is 0 Å². The number of hydrogen-bond acceptors (Lipinski definition) is 3. The SMILES string of the molecule is C[C@H]1CN(N)CCN1C=O. The van der Waals surface area contributed by atoms with E-state index in [2.05, 4.69) is 0 Å². The van der Waals surface area contributed by atoms with Crippen LogP contribution >= 0.6 is 0 Å². The summed E-state index contributed by atoms with van der Waals surface area (Å²) in [6, 6.07) is 0.260. The second kappa shape index (κ2) is 2.98. The molecule has 0 saturated carbocycles. The summed E-state index contributed by atoms with van der Waals surface area (Å²) in [4.78, 5) is 12.1. The van der Waals surface area contributed by atoms with E-state index in [4.69, 9.17) is 5.84 Å². The Morgan fingerprint density at radius 2 is 2.30 bits per heavy atom. The van der Waals surface area contributed by atoms with Crippen LogP contribution in [0, 0.1) is 0 Å². The maximum absolute atomic E-state index is 10.3. The molecular weight excluding hydrogens is 130 g/mol. The Morgan fingerprint density at radius 3 is 2.80 bits per heavy atom. The quantitative estimate of drug-likeness (QED) is 0.379. The van der Waals surface area contributed by atoms with Crippen LogP contribution in [0.4, 0.5) is 0 Å². The molecule has 1 saturated heterocycles. The zero-order valence-corrected chi connectivity index (χ0v) is 6.16. The van der Waals surface area contributed by atoms with E-state index in [1.54, 1.807) is 9.91 Å². The third-order valence-electron chi connectivity index (χ3n) is 1.85. The molecule has 1 atom stereocenters. The van der Waals surface area contributed by atoms with Gasteiger partial charge in [0.25, 0.3) is 0 Å². The zero-order valence-electron chi connectivity index (χ0n) is 6.16. The van der Waals surface area contributed by atoms with E-state index >= 15 is 0 Å². The highest BCUT2D eigenvalue weighted by atomic mass is 16.1. The summed E-state index contributed by atoms with van der Waals surface area (Å²) >= 11 is 0. The molecule has 1 fully saturated rings. The summed E-state index contributed by atoms with van der Waals surface area (Å²) in [5, 5.41) is 1.74. The number of carbonyl (C=O) groups is 1. The van der Waals surface area contributed by atoms with Gasteiger partial charge in [0.1, 0.15) is 0 Å². The van der Waals surface area contributed by atoms with E-state index in [1.807, 2.05) is 6.92 Å². The Hall–Kier alpha value is -0.610. The van der Waals surface area contributed by atoms with Crippen LogP contribution in [0.5, 0.6) is 0 Å². The minimum atomic E-state index is 0.260. The summed E-state index contributed by atoms with van der Waals surface area (Å²) in [7, 11) is 0. The molecule has 0 aromatic rings. The van der Waals surface area contributed by atoms with Gasteiger partial charge >= 0.3 is 0 Å². The van der Waals surface area contributed by atoms with Crippen LogP contribution in [0.2, 0.25) is 0 Å². The Bertz CT molecular complexity index is 128. The molecule has 1 heterocycles. The molecule has 0 spiro atoms. The number of amides is 1. The van der Waals surface area contributed by atoms with Gasteiger partial charge < -0.3 is 4.90 Å². The van der Waals surface area contributed by atoms with Crippen molar-refractivity contribution in [1.82, 2.24) is 9.91 Å². The molecule has 0 unspecified atom stereocenters. The molecular formula is C6H13N3O. The minimum Gasteiger partial charge on any atom is -0.340 e. The van der Waals surface area contributed by atoms with Crippen LogP contribution in [0.25, 0.3) is 0 Å². The van der Waals surface area contributed by atoms with Gasteiger partial charge in [-0.3, -0.25) is 10.6 Å². The van der Waals surface area contributed by atoms with Crippen molar-refractivity contribution >= 4 is 6.41 Å². The molecule has 1 amide bonds. The van der Waals surface area contributed by atoms with E-state index in [9.17, 15) is 4.79 Å². The monoisotopic (exact) mass is 143 g/mol. The predicted molar refractivity (Wildman–Crippen MR) is 38.0 cm³/mol. The molecule has 0 aromatic heterocycles. The standard InChI is InChI=1S/C6H13N3O/c1-6-4-9(7)3-2-8(6)5-10/h5-6H,2-4,7H2,1H3/t6-/m0/s1. The number of nitrogens with zero attached hydrogens (tertiary/aromatic N) is 2. The zero-order chi connectivity index (χ0) is 7.56. The highest BCUT2D eigenvalue weighted by Gasteiger charge is 2.19. The Morgan fingerprint density at radius 1 is 1.60 bits per heavy atom. The van der Waals surface area contributed by atoms with E-state index in [0.29, 0.717) is 0 Å². The lowest BCUT2D eigenvalue weighted by Gasteiger charge is -2.35. The van der Waals surface area contributed by atoms with Gasteiger partial charge in [-0.15, -0.1) is 0 Å². The molecule has 2 N–H and O–H groups in total. The third kappa shape index (κ3) is 1.46. The molecule has 0 radical (unpaired) electrons. The fourth-order valence-corrected chi connectivity index (χ4v) is 1.16. The van der Waals surface area contributed by atoms with Crippen LogP contribution in [0.3, 0.4) is 0 Å². The van der Waals surface area contributed by atoms with Gasteiger partial charge in [0.05, 0.1) is 0 Å². The van der Waals surface area contributed by atoms with Crippen molar-refractivity contribution in [2.24, 2.45) is 5.84 Å². The van der Waals surface area contributed by atoms with E-state index < -0.39 is 0 Å². The number of rotatable bonds is 1. The average molecular weight is 143 g/mol. The maximum Gasteiger partial charge on any atom is 0.210 e. The molecule has 1 aliphatic rings. The largest absolute Gasteiger partial charge is 0.340 e. The molecule has 0 aromatic carbocycles. The fraction of sp³-hybridized carbons (Fsp3) is 0.833. The van der Waals surface area contributed by atoms with Gasteiger partial charge in [0, 0.05) is 25.7 Å². The molecule has 0 bridgehead atoms. The molecule has 4 nitrogen and oxygen atoms in total. The summed E-state index contributed by atoms with van der Waals surface area (Å²) < 4.78 is 0. The highest BCUT2D eigenvalue weighted by Crippen LogP contribution is 2.02. The lowest BCUT2D eigenvalue weighted by molar-refractivity contribution is -0.122. The third-order valence-corrected chi connectivity index (χ3v) is 1.85. The van der Waals surface area contributed by atoms with E-state index in [-0.39, 0.29) is 6.04 Å². The summed E-state index contributed by atoms with van der Waals surface area (Å²) in [6.07, 6.45) is 0.887. The van der Waals surface area contributed by atoms with E-state index in [1.165, 1.54) is 0 Å². The first-order valence-corrected chi connectivity index (χ1v) is 3.44. The molecule has 0 aliphatic carbocycles. The second-order valence-electron chi connectivity index (χ2n) is 2.69. The first kappa shape index (κ1) is 7.50. The van der Waals surface area contributed by atoms with Gasteiger partial charge in [0.2, 0.25) is 6.41 Å². The maximum atomic E-state index is 10.3. The topological polar surface area (TPSA) is 49.6 Å². The molecule has 1 aliphatic heterocycles. The summed E-state index contributed by atoms with van der Waals surface area (Å²) in [6.45, 7) is 4.30. The normalized spacial score (nSPS) is 28.6. The van der Waals surface area contributed by atoms with Crippen molar-refractivity contribution in [2.45, 2.75) is 13.0 Å². The molecule has 58 valence electrons. The average Bonchev–Trinajstić information content (AvgIpc) is 1.88. The summed E-state index contributed by atoms with van der Waals surface area (Å²) in [5.41, 5.74) is 0. The number of hydrogen-bond donors (Lipinski definition) is 1. The Balaban J connectivity index is 2.43. The van der Waals surface area contributed by atoms with Gasteiger partial charge in [-0.25, -0.2) is 5.01 Å². The smallest absolute Gasteiger partial charge is 0.210 e. The van der Waals surface area contributed by atoms with E-state index in [0.717, 1.165) is 26.0 Å². The fourth-order valence-electron chi connectivity index (χ4n) is 1.16. The van der Waals surface area contributed by atoms with Crippen molar-refractivity contribution in [3.8, 4) is 0 Å². The first-order valence-electron chi connectivity index (χ1n) is 3.44. The number of hydrazine groups is 1. The minimum absolute atomic E-state index is 0.260. The Labute approximate surface area is 60.5 Å². The van der Waals surface area contributed by atoms with Crippen LogP contribution in [0.1, 0.15) is 6.92 Å². The Kier molecular flexibility index (Phi) is 2.24. The number of nitrogens with two attached hydrogens (primary N) is 1. The lowest BCUT2D eigenvalue weighted by Crippen LogP contribution is -2.53. The van der Waals surface area contributed by atoms with Gasteiger partial charge in [-0.1, -0.05) is 0 Å². The van der Waals surface area contributed by atoms with Gasteiger partial charge in [0.15, 0.2) is 0 Å².